The van der Waals surface area contributed by atoms with Gasteiger partial charge in [0.15, 0.2) is 22.8 Å². The van der Waals surface area contributed by atoms with Crippen LogP contribution in [-0.2, 0) is 0 Å². The van der Waals surface area contributed by atoms with Crippen molar-refractivity contribution in [1.82, 2.24) is 19.9 Å². The molecule has 0 bridgehead atoms. The molecule has 0 saturated heterocycles. The van der Waals surface area contributed by atoms with Crippen LogP contribution in [0.1, 0.15) is 90.9 Å². The minimum atomic E-state index is 0.545. The first-order valence-electron chi connectivity index (χ1n) is 13.9. The van der Waals surface area contributed by atoms with Crippen molar-refractivity contribution < 1.29 is 9.47 Å². The maximum absolute atomic E-state index is 6.22. The molecule has 0 N–H and O–H groups in total. The molecule has 0 atom stereocenters. The van der Waals surface area contributed by atoms with E-state index in [1.54, 1.807) is 0 Å². The Kier molecular flexibility index (Phi) is 10.1. The molecule has 2 aromatic carbocycles. The van der Waals surface area contributed by atoms with E-state index in [-0.39, 0.29) is 0 Å². The fraction of sp³-hybridized carbons (Fsp3) is 0.533. The number of para-hydroxylation sites is 2. The van der Waals surface area contributed by atoms with Gasteiger partial charge in [-0.3, -0.25) is 0 Å². The molecule has 0 unspecified atom stereocenters. The lowest BCUT2D eigenvalue weighted by atomic mass is 10.1. The van der Waals surface area contributed by atoms with Crippen molar-refractivity contribution in [2.45, 2.75) is 90.9 Å². The van der Waals surface area contributed by atoms with Gasteiger partial charge in [0.1, 0.15) is 0 Å². The van der Waals surface area contributed by atoms with E-state index < -0.39 is 0 Å². The Hall–Kier alpha value is -3.02. The van der Waals surface area contributed by atoms with Crippen molar-refractivity contribution in [2.24, 2.45) is 0 Å². The average molecular weight is 489 g/mol. The van der Waals surface area contributed by atoms with Gasteiger partial charge in [-0.05, 0) is 25.0 Å². The van der Waals surface area contributed by atoms with Crippen molar-refractivity contribution in [3.63, 3.8) is 0 Å². The number of rotatable bonds is 16. The Bertz CT molecular complexity index is 1150. The summed E-state index contributed by atoms with van der Waals surface area (Å²) in [6, 6.07) is 11.7. The fourth-order valence-corrected chi connectivity index (χ4v) is 4.43. The summed E-state index contributed by atoms with van der Waals surface area (Å²) in [6.45, 7) is 5.85. The largest absolute Gasteiger partial charge is 0.490 e. The van der Waals surface area contributed by atoms with Crippen molar-refractivity contribution in [3.8, 4) is 11.5 Å². The first-order chi connectivity index (χ1) is 17.8. The van der Waals surface area contributed by atoms with Crippen LogP contribution in [0.2, 0.25) is 0 Å². The van der Waals surface area contributed by atoms with E-state index >= 15 is 0 Å². The smallest absolute Gasteiger partial charge is 0.199 e. The molecule has 36 heavy (non-hydrogen) atoms. The predicted molar refractivity (Wildman–Crippen MR) is 148 cm³/mol. The highest BCUT2D eigenvalue weighted by atomic mass is 16.5. The van der Waals surface area contributed by atoms with Crippen LogP contribution in [-0.4, -0.2) is 33.1 Å². The fourth-order valence-electron chi connectivity index (χ4n) is 4.43. The van der Waals surface area contributed by atoms with Gasteiger partial charge in [-0.25, -0.2) is 19.9 Å². The number of ether oxygens (including phenoxy) is 2. The van der Waals surface area contributed by atoms with Crippen LogP contribution in [0.5, 0.6) is 11.5 Å². The number of aromatic nitrogens is 4. The van der Waals surface area contributed by atoms with E-state index in [2.05, 4.69) is 23.8 Å². The normalized spacial score (nSPS) is 11.5. The van der Waals surface area contributed by atoms with Gasteiger partial charge >= 0.3 is 0 Å². The maximum Gasteiger partial charge on any atom is 0.199 e. The third-order valence-electron chi connectivity index (χ3n) is 6.54. The van der Waals surface area contributed by atoms with Gasteiger partial charge in [0.05, 0.1) is 35.3 Å². The third-order valence-corrected chi connectivity index (χ3v) is 6.54. The van der Waals surface area contributed by atoms with Gasteiger partial charge in [-0.2, -0.15) is 0 Å². The second-order valence-corrected chi connectivity index (χ2v) is 9.60. The van der Waals surface area contributed by atoms with Gasteiger partial charge in [0.2, 0.25) is 0 Å². The molecule has 0 saturated carbocycles. The van der Waals surface area contributed by atoms with Crippen LogP contribution in [0.4, 0.5) is 0 Å². The number of hydrogen-bond donors (Lipinski definition) is 0. The molecule has 0 fully saturated rings. The number of nitrogens with zero attached hydrogens (tertiary/aromatic N) is 4. The molecule has 0 amide bonds. The summed E-state index contributed by atoms with van der Waals surface area (Å²) in [6.07, 6.45) is 14.8. The first-order valence-corrected chi connectivity index (χ1v) is 13.9. The van der Waals surface area contributed by atoms with Crippen LogP contribution in [0.15, 0.2) is 36.4 Å². The SMILES string of the molecule is CCCCCCCCOc1cc2nc3nc4ccccc4nc3nc2cc1OCCCCCCCC. The first kappa shape index (κ1) is 26.1. The van der Waals surface area contributed by atoms with E-state index in [9.17, 15) is 0 Å². The molecule has 4 rings (SSSR count). The Balaban J connectivity index is 1.50. The van der Waals surface area contributed by atoms with Gasteiger partial charge in [0.25, 0.3) is 0 Å². The number of benzene rings is 2. The Labute approximate surface area is 214 Å². The Morgan fingerprint density at radius 2 is 0.889 bits per heavy atom. The lowest BCUT2D eigenvalue weighted by molar-refractivity contribution is 0.259. The summed E-state index contributed by atoms with van der Waals surface area (Å²) in [5, 5.41) is 0. The minimum absolute atomic E-state index is 0.545. The van der Waals surface area contributed by atoms with Crippen molar-refractivity contribution in [1.29, 1.82) is 0 Å². The quantitative estimate of drug-likeness (QED) is 0.117. The van der Waals surface area contributed by atoms with Crippen LogP contribution >= 0.6 is 0 Å². The predicted octanol–water partition coefficient (Wildman–Crippen LogP) is 8.20. The summed E-state index contributed by atoms with van der Waals surface area (Å²) >= 11 is 0. The topological polar surface area (TPSA) is 70.0 Å². The van der Waals surface area contributed by atoms with E-state index in [0.717, 1.165) is 46.4 Å². The highest BCUT2D eigenvalue weighted by Crippen LogP contribution is 2.32. The second-order valence-electron chi connectivity index (χ2n) is 9.60. The van der Waals surface area contributed by atoms with Gasteiger partial charge in [0, 0.05) is 12.1 Å². The monoisotopic (exact) mass is 488 g/mol. The molecule has 0 radical (unpaired) electrons. The van der Waals surface area contributed by atoms with E-state index in [4.69, 9.17) is 19.4 Å². The summed E-state index contributed by atoms with van der Waals surface area (Å²) in [5.74, 6) is 1.48. The molecule has 6 heteroatoms. The van der Waals surface area contributed by atoms with Crippen molar-refractivity contribution in [2.75, 3.05) is 13.2 Å². The lowest BCUT2D eigenvalue weighted by Gasteiger charge is -2.14. The number of fused-ring (bicyclic) bond motifs is 3. The molecular weight excluding hydrogens is 448 g/mol. The minimum Gasteiger partial charge on any atom is -0.490 e. The van der Waals surface area contributed by atoms with Crippen molar-refractivity contribution >= 4 is 33.4 Å². The van der Waals surface area contributed by atoms with Crippen LogP contribution < -0.4 is 9.47 Å². The molecule has 6 nitrogen and oxygen atoms in total. The van der Waals surface area contributed by atoms with E-state index in [0.29, 0.717) is 24.5 Å². The zero-order valence-corrected chi connectivity index (χ0v) is 22.0. The van der Waals surface area contributed by atoms with Crippen LogP contribution in [0, 0.1) is 0 Å². The zero-order chi connectivity index (χ0) is 25.0. The lowest BCUT2D eigenvalue weighted by Crippen LogP contribution is -2.04. The molecule has 0 spiro atoms. The molecule has 2 aromatic heterocycles. The molecule has 0 aliphatic carbocycles. The highest BCUT2D eigenvalue weighted by Gasteiger charge is 2.13. The number of unbranched alkanes of at least 4 members (excludes halogenated alkanes) is 10. The summed E-state index contributed by atoms with van der Waals surface area (Å²) < 4.78 is 12.4. The van der Waals surface area contributed by atoms with E-state index in [1.807, 2.05) is 36.4 Å². The molecule has 2 heterocycles. The standard InChI is InChI=1S/C30H40N4O2/c1-3-5-7-9-11-15-19-35-27-21-25-26(22-28(27)36-20-16-12-10-8-6-4-2)34-30-29(33-25)31-23-17-13-14-18-24(23)32-30/h13-14,17-18,21-22H,3-12,15-16,19-20H2,1-2H3. The summed E-state index contributed by atoms with van der Waals surface area (Å²) in [5.41, 5.74) is 4.22. The Morgan fingerprint density at radius 1 is 0.500 bits per heavy atom. The second kappa shape index (κ2) is 13.9. The molecule has 0 aliphatic heterocycles. The summed E-state index contributed by atoms with van der Waals surface area (Å²) in [4.78, 5) is 18.9. The van der Waals surface area contributed by atoms with Gasteiger partial charge in [-0.15, -0.1) is 0 Å². The van der Waals surface area contributed by atoms with E-state index in [1.165, 1.54) is 64.2 Å². The summed E-state index contributed by atoms with van der Waals surface area (Å²) in [7, 11) is 0. The van der Waals surface area contributed by atoms with Crippen LogP contribution in [0.25, 0.3) is 33.4 Å². The Morgan fingerprint density at radius 3 is 1.33 bits per heavy atom. The third kappa shape index (κ3) is 7.25. The average Bonchev–Trinajstić information content (AvgIpc) is 2.89. The number of hydrogen-bond acceptors (Lipinski definition) is 6. The maximum atomic E-state index is 6.22. The van der Waals surface area contributed by atoms with Crippen LogP contribution in [0.3, 0.4) is 0 Å². The van der Waals surface area contributed by atoms with Crippen molar-refractivity contribution in [3.05, 3.63) is 36.4 Å². The van der Waals surface area contributed by atoms with Gasteiger partial charge in [-0.1, -0.05) is 90.2 Å². The molecular formula is C30H40N4O2. The highest BCUT2D eigenvalue weighted by molar-refractivity contribution is 5.89. The molecule has 0 aliphatic rings. The van der Waals surface area contributed by atoms with Gasteiger partial charge < -0.3 is 9.47 Å². The molecule has 192 valence electrons. The zero-order valence-electron chi connectivity index (χ0n) is 22.0. The molecule has 4 aromatic rings.